The van der Waals surface area contributed by atoms with Gasteiger partial charge in [0.05, 0.1) is 18.8 Å². The van der Waals surface area contributed by atoms with Crippen LogP contribution in [0.2, 0.25) is 0 Å². The second kappa shape index (κ2) is 7.31. The van der Waals surface area contributed by atoms with Crippen molar-refractivity contribution < 1.29 is 14.3 Å². The van der Waals surface area contributed by atoms with Gasteiger partial charge in [0, 0.05) is 24.5 Å². The van der Waals surface area contributed by atoms with E-state index < -0.39 is 5.97 Å². The number of benzene rings is 1. The van der Waals surface area contributed by atoms with E-state index in [-0.39, 0.29) is 0 Å². The molecule has 0 aromatic heterocycles. The summed E-state index contributed by atoms with van der Waals surface area (Å²) < 4.78 is 10.5. The number of ether oxygens (including phenoxy) is 2. The number of nitrogen functional groups attached to an aromatic ring is 1. The Morgan fingerprint density at radius 3 is 2.95 bits per heavy atom. The lowest BCUT2D eigenvalue weighted by molar-refractivity contribution is 0.0134. The predicted molar refractivity (Wildman–Crippen MR) is 83.6 cm³/mol. The highest BCUT2D eigenvalue weighted by Gasteiger charge is 2.15. The van der Waals surface area contributed by atoms with Gasteiger partial charge in [-0.2, -0.15) is 0 Å². The second-order valence-electron chi connectivity index (χ2n) is 5.45. The second-order valence-corrected chi connectivity index (χ2v) is 5.45. The van der Waals surface area contributed by atoms with Crippen LogP contribution in [0.15, 0.2) is 12.1 Å². The minimum absolute atomic E-state index is 0.348. The molecule has 0 saturated carbocycles. The van der Waals surface area contributed by atoms with Crippen molar-refractivity contribution in [3.8, 4) is 0 Å². The average molecular weight is 292 g/mol. The normalized spacial score (nSPS) is 18.3. The number of aryl methyl sites for hydroxylation is 1. The van der Waals surface area contributed by atoms with Gasteiger partial charge in [0.25, 0.3) is 0 Å². The molecule has 1 atom stereocenters. The summed E-state index contributed by atoms with van der Waals surface area (Å²) >= 11 is 0. The molecule has 5 nitrogen and oxygen atoms in total. The van der Waals surface area contributed by atoms with Crippen LogP contribution in [0, 0.1) is 6.92 Å². The highest BCUT2D eigenvalue weighted by Crippen LogP contribution is 2.24. The molecule has 5 heteroatoms. The first-order chi connectivity index (χ1) is 10.1. The number of rotatable bonds is 5. The summed E-state index contributed by atoms with van der Waals surface area (Å²) in [4.78, 5) is 11.7. The smallest absolute Gasteiger partial charge is 0.340 e. The van der Waals surface area contributed by atoms with Gasteiger partial charge >= 0.3 is 5.97 Å². The van der Waals surface area contributed by atoms with Crippen molar-refractivity contribution in [2.24, 2.45) is 0 Å². The molecule has 0 amide bonds. The molecule has 1 aromatic carbocycles. The molecule has 1 fully saturated rings. The van der Waals surface area contributed by atoms with Gasteiger partial charge in [-0.15, -0.1) is 0 Å². The number of hydrogen-bond acceptors (Lipinski definition) is 5. The number of methoxy groups -OCH3 is 1. The molecule has 0 radical (unpaired) electrons. The topological polar surface area (TPSA) is 73.6 Å². The molecule has 0 spiro atoms. The molecule has 2 rings (SSSR count). The Balaban J connectivity index is 1.96. The Hall–Kier alpha value is -1.75. The van der Waals surface area contributed by atoms with E-state index in [1.165, 1.54) is 20.0 Å². The fourth-order valence-electron chi connectivity index (χ4n) is 2.59. The fraction of sp³-hybridized carbons (Fsp3) is 0.562. The van der Waals surface area contributed by atoms with E-state index in [1.54, 1.807) is 6.07 Å². The van der Waals surface area contributed by atoms with Crippen LogP contribution in [0.3, 0.4) is 0 Å². The summed E-state index contributed by atoms with van der Waals surface area (Å²) in [6.07, 6.45) is 4.87. The first kappa shape index (κ1) is 15.6. The Labute approximate surface area is 125 Å². The summed E-state index contributed by atoms with van der Waals surface area (Å²) in [7, 11) is 1.36. The number of esters is 1. The van der Waals surface area contributed by atoms with Crippen LogP contribution in [0.4, 0.5) is 11.4 Å². The zero-order chi connectivity index (χ0) is 15.2. The van der Waals surface area contributed by atoms with Gasteiger partial charge in [-0.3, -0.25) is 0 Å². The SMILES string of the molecule is COC(=O)c1cc(NCCC2CCCCO2)cc(C)c1N. The van der Waals surface area contributed by atoms with Crippen molar-refractivity contribution in [2.45, 2.75) is 38.7 Å². The van der Waals surface area contributed by atoms with Crippen LogP contribution >= 0.6 is 0 Å². The minimum atomic E-state index is -0.408. The number of nitrogens with two attached hydrogens (primary N) is 1. The van der Waals surface area contributed by atoms with Crippen LogP contribution < -0.4 is 11.1 Å². The Bertz CT molecular complexity index is 497. The van der Waals surface area contributed by atoms with Crippen molar-refractivity contribution in [1.82, 2.24) is 0 Å². The molecule has 1 saturated heterocycles. The summed E-state index contributed by atoms with van der Waals surface area (Å²) in [5.41, 5.74) is 8.57. The number of carbonyl (C=O) groups excluding carboxylic acids is 1. The van der Waals surface area contributed by atoms with E-state index in [9.17, 15) is 4.79 Å². The lowest BCUT2D eigenvalue weighted by atomic mass is 10.1. The molecule has 0 aliphatic carbocycles. The van der Waals surface area contributed by atoms with E-state index in [1.807, 2.05) is 13.0 Å². The van der Waals surface area contributed by atoms with Crippen molar-refractivity contribution in [2.75, 3.05) is 31.3 Å². The third-order valence-corrected chi connectivity index (χ3v) is 3.86. The quantitative estimate of drug-likeness (QED) is 0.645. The predicted octanol–water partition coefficient (Wildman–Crippen LogP) is 2.73. The van der Waals surface area contributed by atoms with Crippen LogP contribution in [-0.4, -0.2) is 32.3 Å². The zero-order valence-corrected chi connectivity index (χ0v) is 12.8. The fourth-order valence-corrected chi connectivity index (χ4v) is 2.59. The van der Waals surface area contributed by atoms with Gasteiger partial charge < -0.3 is 20.5 Å². The van der Waals surface area contributed by atoms with Crippen LogP contribution in [0.1, 0.15) is 41.6 Å². The Morgan fingerprint density at radius 1 is 1.48 bits per heavy atom. The number of anilines is 2. The monoisotopic (exact) mass is 292 g/mol. The van der Waals surface area contributed by atoms with Gasteiger partial charge in [-0.1, -0.05) is 0 Å². The molecule has 1 aliphatic rings. The van der Waals surface area contributed by atoms with Gasteiger partial charge in [0.1, 0.15) is 0 Å². The molecule has 1 aliphatic heterocycles. The first-order valence-corrected chi connectivity index (χ1v) is 7.45. The maximum atomic E-state index is 11.7. The van der Waals surface area contributed by atoms with E-state index in [4.69, 9.17) is 15.2 Å². The third kappa shape index (κ3) is 4.11. The summed E-state index contributed by atoms with van der Waals surface area (Å²) in [6, 6.07) is 3.69. The van der Waals surface area contributed by atoms with Crippen LogP contribution in [-0.2, 0) is 9.47 Å². The van der Waals surface area contributed by atoms with Crippen LogP contribution in [0.5, 0.6) is 0 Å². The van der Waals surface area contributed by atoms with E-state index >= 15 is 0 Å². The van der Waals surface area contributed by atoms with E-state index in [2.05, 4.69) is 5.32 Å². The van der Waals surface area contributed by atoms with Crippen molar-refractivity contribution >= 4 is 17.3 Å². The molecule has 21 heavy (non-hydrogen) atoms. The van der Waals surface area contributed by atoms with Crippen molar-refractivity contribution in [3.05, 3.63) is 23.3 Å². The average Bonchev–Trinajstić information content (AvgIpc) is 2.51. The van der Waals surface area contributed by atoms with Crippen LogP contribution in [0.25, 0.3) is 0 Å². The number of carbonyl (C=O) groups is 1. The summed E-state index contributed by atoms with van der Waals surface area (Å²) in [5, 5.41) is 3.34. The summed E-state index contributed by atoms with van der Waals surface area (Å²) in [5.74, 6) is -0.408. The van der Waals surface area contributed by atoms with E-state index in [0.717, 1.165) is 37.2 Å². The standard InChI is InChI=1S/C16H24N2O3/c1-11-9-12(10-14(15(11)17)16(19)20-2)18-7-6-13-5-3-4-8-21-13/h9-10,13,18H,3-8,17H2,1-2H3. The van der Waals surface area contributed by atoms with E-state index in [0.29, 0.717) is 17.4 Å². The Kier molecular flexibility index (Phi) is 5.44. The first-order valence-electron chi connectivity index (χ1n) is 7.45. The lowest BCUT2D eigenvalue weighted by Crippen LogP contribution is -2.22. The largest absolute Gasteiger partial charge is 0.465 e. The molecule has 0 bridgehead atoms. The molecular weight excluding hydrogens is 268 g/mol. The molecule has 1 unspecified atom stereocenters. The molecular formula is C16H24N2O3. The lowest BCUT2D eigenvalue weighted by Gasteiger charge is -2.22. The minimum Gasteiger partial charge on any atom is -0.465 e. The number of hydrogen-bond donors (Lipinski definition) is 2. The summed E-state index contributed by atoms with van der Waals surface area (Å²) in [6.45, 7) is 3.57. The van der Waals surface area contributed by atoms with Gasteiger partial charge in [0.2, 0.25) is 0 Å². The van der Waals surface area contributed by atoms with Gasteiger partial charge in [-0.25, -0.2) is 4.79 Å². The maximum Gasteiger partial charge on any atom is 0.340 e. The number of nitrogens with one attached hydrogen (secondary N) is 1. The third-order valence-electron chi connectivity index (χ3n) is 3.86. The molecule has 116 valence electrons. The molecule has 1 heterocycles. The highest BCUT2D eigenvalue weighted by atomic mass is 16.5. The van der Waals surface area contributed by atoms with Crippen molar-refractivity contribution in [1.29, 1.82) is 0 Å². The highest BCUT2D eigenvalue weighted by molar-refractivity contribution is 5.97. The van der Waals surface area contributed by atoms with Gasteiger partial charge in [-0.05, 0) is 50.3 Å². The van der Waals surface area contributed by atoms with Crippen molar-refractivity contribution in [3.63, 3.8) is 0 Å². The zero-order valence-electron chi connectivity index (χ0n) is 12.8. The molecule has 3 N–H and O–H groups in total. The Morgan fingerprint density at radius 2 is 2.29 bits per heavy atom. The molecule has 1 aromatic rings. The maximum absolute atomic E-state index is 11.7. The van der Waals surface area contributed by atoms with Gasteiger partial charge in [0.15, 0.2) is 0 Å².